The van der Waals surface area contributed by atoms with Crippen LogP contribution in [0.3, 0.4) is 0 Å². The fourth-order valence-corrected chi connectivity index (χ4v) is 3.17. The molecule has 8 heteroatoms. The maximum atomic E-state index is 13.6. The number of hydrogen-bond donors (Lipinski definition) is 2. The molecule has 0 aliphatic heterocycles. The van der Waals surface area contributed by atoms with Gasteiger partial charge in [-0.2, -0.15) is 10.1 Å². The quantitative estimate of drug-likeness (QED) is 0.884. The first kappa shape index (κ1) is 17.7. The predicted molar refractivity (Wildman–Crippen MR) is 90.1 cm³/mol. The molecular weight excluding hydrogens is 328 g/mol. The highest BCUT2D eigenvalue weighted by molar-refractivity contribution is 5.41. The average molecular weight is 351 g/mol. The molecule has 0 spiro atoms. The number of nitrogens with zero attached hydrogens (tertiary/aromatic N) is 4. The summed E-state index contributed by atoms with van der Waals surface area (Å²) < 4.78 is 28.9. The average Bonchev–Trinajstić information content (AvgIpc) is 2.84. The SMILES string of the molecule is Cc1cc(C)n(-c2nc(N[C@H]3CCCC(F)(F)C3)cc([C@@H](C)O)n2)n1. The lowest BCUT2D eigenvalue weighted by Crippen LogP contribution is -2.34. The van der Waals surface area contributed by atoms with Gasteiger partial charge in [-0.3, -0.25) is 0 Å². The molecule has 3 rings (SSSR count). The summed E-state index contributed by atoms with van der Waals surface area (Å²) in [5.41, 5.74) is 2.10. The van der Waals surface area contributed by atoms with Crippen molar-refractivity contribution in [2.24, 2.45) is 0 Å². The van der Waals surface area contributed by atoms with E-state index in [9.17, 15) is 13.9 Å². The van der Waals surface area contributed by atoms with E-state index in [1.54, 1.807) is 17.7 Å². The normalized spacial score (nSPS) is 21.1. The topological polar surface area (TPSA) is 75.9 Å². The van der Waals surface area contributed by atoms with Gasteiger partial charge < -0.3 is 10.4 Å². The highest BCUT2D eigenvalue weighted by Crippen LogP contribution is 2.34. The second kappa shape index (κ2) is 6.67. The Morgan fingerprint density at radius 2 is 2.08 bits per heavy atom. The molecule has 2 N–H and O–H groups in total. The molecule has 25 heavy (non-hydrogen) atoms. The lowest BCUT2D eigenvalue weighted by molar-refractivity contribution is -0.0373. The lowest BCUT2D eigenvalue weighted by atomic mass is 9.92. The summed E-state index contributed by atoms with van der Waals surface area (Å²) in [5.74, 6) is -1.90. The number of aryl methyl sites for hydroxylation is 2. The molecule has 1 aliphatic carbocycles. The Morgan fingerprint density at radius 1 is 1.32 bits per heavy atom. The van der Waals surface area contributed by atoms with E-state index < -0.39 is 12.0 Å². The molecule has 2 atom stereocenters. The van der Waals surface area contributed by atoms with Gasteiger partial charge in [0.25, 0.3) is 5.95 Å². The Balaban J connectivity index is 1.92. The van der Waals surface area contributed by atoms with Crippen molar-refractivity contribution in [2.45, 2.75) is 64.5 Å². The minimum Gasteiger partial charge on any atom is -0.387 e. The van der Waals surface area contributed by atoms with Crippen molar-refractivity contribution < 1.29 is 13.9 Å². The van der Waals surface area contributed by atoms with Gasteiger partial charge in [0, 0.05) is 30.6 Å². The Labute approximate surface area is 145 Å². The van der Waals surface area contributed by atoms with Crippen molar-refractivity contribution in [3.63, 3.8) is 0 Å². The van der Waals surface area contributed by atoms with Crippen LogP contribution in [0.5, 0.6) is 0 Å². The van der Waals surface area contributed by atoms with E-state index in [1.165, 1.54) is 0 Å². The highest BCUT2D eigenvalue weighted by atomic mass is 19.3. The number of aliphatic hydroxyl groups is 1. The number of halogens is 2. The summed E-state index contributed by atoms with van der Waals surface area (Å²) in [4.78, 5) is 8.77. The second-order valence-electron chi connectivity index (χ2n) is 6.79. The minimum absolute atomic E-state index is 0.0646. The first-order valence-corrected chi connectivity index (χ1v) is 8.48. The summed E-state index contributed by atoms with van der Waals surface area (Å²) in [7, 11) is 0. The molecule has 1 fully saturated rings. The van der Waals surface area contributed by atoms with Crippen LogP contribution in [-0.4, -0.2) is 36.8 Å². The molecule has 0 aromatic carbocycles. The highest BCUT2D eigenvalue weighted by Gasteiger charge is 2.36. The van der Waals surface area contributed by atoms with Gasteiger partial charge in [0.15, 0.2) is 0 Å². The van der Waals surface area contributed by atoms with Crippen LogP contribution in [0, 0.1) is 13.8 Å². The van der Waals surface area contributed by atoms with E-state index >= 15 is 0 Å². The molecule has 0 radical (unpaired) electrons. The Kier molecular flexibility index (Phi) is 4.73. The second-order valence-corrected chi connectivity index (χ2v) is 6.79. The molecular formula is C17H23F2N5O. The number of nitrogens with one attached hydrogen (secondary N) is 1. The third kappa shape index (κ3) is 4.12. The molecule has 136 valence electrons. The van der Waals surface area contributed by atoms with Gasteiger partial charge in [-0.05, 0) is 39.7 Å². The summed E-state index contributed by atoms with van der Waals surface area (Å²) in [6.45, 7) is 5.35. The number of alkyl halides is 2. The van der Waals surface area contributed by atoms with Crippen LogP contribution in [-0.2, 0) is 0 Å². The zero-order chi connectivity index (χ0) is 18.2. The molecule has 0 unspecified atom stereocenters. The van der Waals surface area contributed by atoms with Crippen LogP contribution in [0.4, 0.5) is 14.6 Å². The fraction of sp³-hybridized carbons (Fsp3) is 0.588. The number of aliphatic hydroxyl groups excluding tert-OH is 1. The van der Waals surface area contributed by atoms with Gasteiger partial charge in [0.2, 0.25) is 5.92 Å². The van der Waals surface area contributed by atoms with Gasteiger partial charge in [0.1, 0.15) is 5.82 Å². The number of aromatic nitrogens is 4. The Bertz CT molecular complexity index is 759. The van der Waals surface area contributed by atoms with Gasteiger partial charge in [-0.1, -0.05) is 0 Å². The summed E-state index contributed by atoms with van der Waals surface area (Å²) in [5, 5.41) is 17.4. The van der Waals surface area contributed by atoms with E-state index in [4.69, 9.17) is 0 Å². The molecule has 2 aromatic heterocycles. The predicted octanol–water partition coefficient (Wildman–Crippen LogP) is 3.32. The third-order valence-corrected chi connectivity index (χ3v) is 4.35. The Hall–Kier alpha value is -2.09. The van der Waals surface area contributed by atoms with Crippen LogP contribution in [0.1, 0.15) is 55.8 Å². The van der Waals surface area contributed by atoms with Crippen molar-refractivity contribution in [2.75, 3.05) is 5.32 Å². The van der Waals surface area contributed by atoms with Crippen molar-refractivity contribution >= 4 is 5.82 Å². The minimum atomic E-state index is -2.64. The number of hydrogen-bond acceptors (Lipinski definition) is 5. The number of anilines is 1. The maximum absolute atomic E-state index is 13.6. The van der Waals surface area contributed by atoms with Crippen LogP contribution in [0.2, 0.25) is 0 Å². The zero-order valence-electron chi connectivity index (χ0n) is 14.6. The van der Waals surface area contributed by atoms with Crippen molar-refractivity contribution in [1.82, 2.24) is 19.7 Å². The largest absolute Gasteiger partial charge is 0.387 e. The van der Waals surface area contributed by atoms with E-state index in [2.05, 4.69) is 20.4 Å². The summed E-state index contributed by atoms with van der Waals surface area (Å²) in [6, 6.07) is 3.15. The third-order valence-electron chi connectivity index (χ3n) is 4.35. The maximum Gasteiger partial charge on any atom is 0.253 e. The first-order valence-electron chi connectivity index (χ1n) is 8.48. The van der Waals surface area contributed by atoms with Crippen LogP contribution < -0.4 is 5.32 Å². The van der Waals surface area contributed by atoms with E-state index in [0.717, 1.165) is 11.4 Å². The van der Waals surface area contributed by atoms with Crippen LogP contribution in [0.15, 0.2) is 12.1 Å². The molecule has 2 aromatic rings. The standard InChI is InChI=1S/C17H23F2N5O/c1-10-7-11(2)24(23-10)16-21-14(12(3)25)8-15(22-16)20-13-5-4-6-17(18,19)9-13/h7-8,12-13,25H,4-6,9H2,1-3H3,(H,20,21,22)/t12-,13+/m1/s1. The van der Waals surface area contributed by atoms with Crippen LogP contribution >= 0.6 is 0 Å². The van der Waals surface area contributed by atoms with E-state index in [0.29, 0.717) is 30.3 Å². The first-order chi connectivity index (χ1) is 11.7. The lowest BCUT2D eigenvalue weighted by Gasteiger charge is -2.30. The van der Waals surface area contributed by atoms with E-state index in [-0.39, 0.29) is 18.9 Å². The summed E-state index contributed by atoms with van der Waals surface area (Å²) >= 11 is 0. The van der Waals surface area contributed by atoms with Crippen molar-refractivity contribution in [1.29, 1.82) is 0 Å². The van der Waals surface area contributed by atoms with Crippen molar-refractivity contribution in [3.05, 3.63) is 29.2 Å². The van der Waals surface area contributed by atoms with Gasteiger partial charge >= 0.3 is 0 Å². The zero-order valence-corrected chi connectivity index (χ0v) is 14.6. The molecule has 1 aliphatic rings. The van der Waals surface area contributed by atoms with Crippen LogP contribution in [0.25, 0.3) is 5.95 Å². The Morgan fingerprint density at radius 3 is 2.68 bits per heavy atom. The summed E-state index contributed by atoms with van der Waals surface area (Å²) in [6.07, 6.45) is 0.0654. The van der Waals surface area contributed by atoms with Gasteiger partial charge in [-0.15, -0.1) is 0 Å². The molecule has 0 saturated heterocycles. The van der Waals surface area contributed by atoms with Crippen molar-refractivity contribution in [3.8, 4) is 5.95 Å². The molecule has 0 amide bonds. The van der Waals surface area contributed by atoms with E-state index in [1.807, 2.05) is 19.9 Å². The number of rotatable bonds is 4. The molecule has 0 bridgehead atoms. The van der Waals surface area contributed by atoms with Gasteiger partial charge in [-0.25, -0.2) is 18.4 Å². The fourth-order valence-electron chi connectivity index (χ4n) is 3.17. The van der Waals surface area contributed by atoms with Gasteiger partial charge in [0.05, 0.1) is 17.5 Å². The molecule has 6 nitrogen and oxygen atoms in total. The molecule has 1 saturated carbocycles. The molecule has 2 heterocycles. The monoisotopic (exact) mass is 351 g/mol. The smallest absolute Gasteiger partial charge is 0.253 e.